The third-order valence-corrected chi connectivity index (χ3v) is 4.87. The first-order chi connectivity index (χ1) is 13.0. The van der Waals surface area contributed by atoms with Gasteiger partial charge < -0.3 is 9.64 Å². The van der Waals surface area contributed by atoms with Crippen LogP contribution in [0.15, 0.2) is 36.8 Å². The second-order valence-corrected chi connectivity index (χ2v) is 6.52. The number of methoxy groups -OCH3 is 1. The lowest BCUT2D eigenvalue weighted by atomic mass is 9.96. The van der Waals surface area contributed by atoms with Crippen molar-refractivity contribution in [1.29, 1.82) is 0 Å². The number of piperidine rings is 1. The van der Waals surface area contributed by atoms with Gasteiger partial charge in [-0.05, 0) is 30.5 Å². The molecule has 2 aromatic heterocycles. The lowest BCUT2D eigenvalue weighted by Crippen LogP contribution is -2.42. The molecule has 3 heterocycles. The van der Waals surface area contributed by atoms with Crippen LogP contribution in [-0.2, 0) is 0 Å². The molecule has 6 nitrogen and oxygen atoms in total. The van der Waals surface area contributed by atoms with E-state index in [0.717, 1.165) is 5.56 Å². The van der Waals surface area contributed by atoms with Crippen molar-refractivity contribution in [2.24, 2.45) is 5.92 Å². The van der Waals surface area contributed by atoms with E-state index >= 15 is 0 Å². The summed E-state index contributed by atoms with van der Waals surface area (Å²) in [4.78, 5) is 10.1. The van der Waals surface area contributed by atoms with E-state index in [0.29, 0.717) is 35.9 Å². The fraction of sp³-hybridized carbons (Fsp3) is 0.389. The highest BCUT2D eigenvalue weighted by atomic mass is 19.4. The number of hydrogen-bond acceptors (Lipinski definition) is 5. The predicted octanol–water partition coefficient (Wildman–Crippen LogP) is 3.58. The summed E-state index contributed by atoms with van der Waals surface area (Å²) in [5.74, 6) is 0.278. The fourth-order valence-corrected chi connectivity index (χ4v) is 3.48. The van der Waals surface area contributed by atoms with E-state index in [4.69, 9.17) is 4.74 Å². The molecule has 4 rings (SSSR count). The van der Waals surface area contributed by atoms with Gasteiger partial charge >= 0.3 is 6.18 Å². The molecule has 0 radical (unpaired) electrons. The number of alkyl halides is 3. The van der Waals surface area contributed by atoms with Crippen LogP contribution in [0.25, 0.3) is 16.9 Å². The Kier molecular flexibility index (Phi) is 4.37. The second kappa shape index (κ2) is 6.71. The van der Waals surface area contributed by atoms with Crippen LogP contribution in [0.1, 0.15) is 12.8 Å². The number of fused-ring (bicyclic) bond motifs is 1. The van der Waals surface area contributed by atoms with Gasteiger partial charge in [-0.25, -0.2) is 4.98 Å². The highest BCUT2D eigenvalue weighted by Gasteiger charge is 2.42. The Bertz CT molecular complexity index is 938. The number of nitrogens with zero attached hydrogens (tertiary/aromatic N) is 5. The summed E-state index contributed by atoms with van der Waals surface area (Å²) in [6, 6.07) is 7.32. The normalized spacial score (nSPS) is 18.1. The Hall–Kier alpha value is -2.84. The van der Waals surface area contributed by atoms with Crippen molar-refractivity contribution in [2.75, 3.05) is 25.1 Å². The SMILES string of the molecule is COc1ccc(-c2cnc3ncnn3c2N2CCC[C@@H](C(F)(F)F)C2)cc1. The third kappa shape index (κ3) is 3.29. The van der Waals surface area contributed by atoms with Crippen molar-refractivity contribution in [3.05, 3.63) is 36.8 Å². The highest BCUT2D eigenvalue weighted by Crippen LogP contribution is 2.38. The maximum Gasteiger partial charge on any atom is 0.393 e. The second-order valence-electron chi connectivity index (χ2n) is 6.52. The minimum absolute atomic E-state index is 0.106. The van der Waals surface area contributed by atoms with Gasteiger partial charge in [0.15, 0.2) is 0 Å². The van der Waals surface area contributed by atoms with Gasteiger partial charge in [-0.3, -0.25) is 0 Å². The van der Waals surface area contributed by atoms with Crippen molar-refractivity contribution >= 4 is 11.6 Å². The first-order valence-electron chi connectivity index (χ1n) is 8.62. The lowest BCUT2D eigenvalue weighted by molar-refractivity contribution is -0.176. The number of aromatic nitrogens is 4. The molecule has 0 unspecified atom stereocenters. The van der Waals surface area contributed by atoms with Gasteiger partial charge in [0.25, 0.3) is 5.78 Å². The molecule has 0 spiro atoms. The standard InChI is InChI=1S/C18H18F3N5O/c1-27-14-6-4-12(5-7-14)15-9-22-17-23-11-24-26(17)16(15)25-8-2-3-13(10-25)18(19,20)21/h4-7,9,11,13H,2-3,8,10H2,1H3/t13-/m1/s1. The Morgan fingerprint density at radius 1 is 1.15 bits per heavy atom. The van der Waals surface area contributed by atoms with Gasteiger partial charge in [-0.15, -0.1) is 0 Å². The molecule has 27 heavy (non-hydrogen) atoms. The Labute approximate surface area is 153 Å². The summed E-state index contributed by atoms with van der Waals surface area (Å²) in [6.07, 6.45) is -0.616. The number of benzene rings is 1. The number of rotatable bonds is 3. The van der Waals surface area contributed by atoms with Crippen molar-refractivity contribution in [3.63, 3.8) is 0 Å². The van der Waals surface area contributed by atoms with E-state index in [1.54, 1.807) is 30.3 Å². The number of ether oxygens (including phenoxy) is 1. The quantitative estimate of drug-likeness (QED) is 0.698. The molecular weight excluding hydrogens is 359 g/mol. The van der Waals surface area contributed by atoms with Gasteiger partial charge in [-0.2, -0.15) is 27.8 Å². The molecule has 0 aliphatic carbocycles. The molecule has 1 atom stereocenters. The van der Waals surface area contributed by atoms with Crippen LogP contribution in [-0.4, -0.2) is 46.0 Å². The van der Waals surface area contributed by atoms with Gasteiger partial charge in [-0.1, -0.05) is 12.1 Å². The van der Waals surface area contributed by atoms with Crippen LogP contribution in [0.4, 0.5) is 19.0 Å². The van der Waals surface area contributed by atoms with Crippen molar-refractivity contribution in [3.8, 4) is 16.9 Å². The summed E-state index contributed by atoms with van der Waals surface area (Å²) in [7, 11) is 1.58. The third-order valence-electron chi connectivity index (χ3n) is 4.87. The predicted molar refractivity (Wildman–Crippen MR) is 93.8 cm³/mol. The van der Waals surface area contributed by atoms with Gasteiger partial charge in [0, 0.05) is 24.8 Å². The summed E-state index contributed by atoms with van der Waals surface area (Å²) in [5, 5.41) is 4.20. The summed E-state index contributed by atoms with van der Waals surface area (Å²) in [6.45, 7) is 0.417. The summed E-state index contributed by atoms with van der Waals surface area (Å²) >= 11 is 0. The zero-order chi connectivity index (χ0) is 19.0. The molecule has 1 aliphatic heterocycles. The Balaban J connectivity index is 1.81. The summed E-state index contributed by atoms with van der Waals surface area (Å²) < 4.78 is 46.6. The monoisotopic (exact) mass is 377 g/mol. The van der Waals surface area contributed by atoms with E-state index in [-0.39, 0.29) is 13.0 Å². The molecule has 0 bridgehead atoms. The maximum atomic E-state index is 13.3. The van der Waals surface area contributed by atoms with Crippen molar-refractivity contribution < 1.29 is 17.9 Å². The molecular formula is C18H18F3N5O. The van der Waals surface area contributed by atoms with Gasteiger partial charge in [0.2, 0.25) is 0 Å². The number of hydrogen-bond donors (Lipinski definition) is 0. The fourth-order valence-electron chi connectivity index (χ4n) is 3.48. The topological polar surface area (TPSA) is 55.6 Å². The van der Waals surface area contributed by atoms with Crippen LogP contribution in [0.2, 0.25) is 0 Å². The molecule has 1 saturated heterocycles. The van der Waals surface area contributed by atoms with Crippen molar-refractivity contribution in [2.45, 2.75) is 19.0 Å². The molecule has 0 amide bonds. The summed E-state index contributed by atoms with van der Waals surface area (Å²) in [5.41, 5.74) is 1.53. The van der Waals surface area contributed by atoms with E-state index in [2.05, 4.69) is 15.1 Å². The van der Waals surface area contributed by atoms with Crippen LogP contribution >= 0.6 is 0 Å². The molecule has 9 heteroatoms. The van der Waals surface area contributed by atoms with Crippen molar-refractivity contribution in [1.82, 2.24) is 19.6 Å². The smallest absolute Gasteiger partial charge is 0.393 e. The Morgan fingerprint density at radius 2 is 1.93 bits per heavy atom. The molecule has 1 aliphatic rings. The zero-order valence-electron chi connectivity index (χ0n) is 14.6. The van der Waals surface area contributed by atoms with Gasteiger partial charge in [0.1, 0.15) is 17.9 Å². The average Bonchev–Trinajstić information content (AvgIpc) is 3.15. The number of halogens is 3. The van der Waals surface area contributed by atoms with E-state index < -0.39 is 12.1 Å². The largest absolute Gasteiger partial charge is 0.497 e. The molecule has 0 saturated carbocycles. The first-order valence-corrected chi connectivity index (χ1v) is 8.62. The van der Waals surface area contributed by atoms with Crippen LogP contribution in [0, 0.1) is 5.92 Å². The minimum atomic E-state index is -4.21. The van der Waals surface area contributed by atoms with E-state index in [1.807, 2.05) is 12.1 Å². The Morgan fingerprint density at radius 3 is 2.63 bits per heavy atom. The maximum absolute atomic E-state index is 13.3. The number of anilines is 1. The highest BCUT2D eigenvalue weighted by molar-refractivity contribution is 5.77. The van der Waals surface area contributed by atoms with Crippen LogP contribution in [0.5, 0.6) is 5.75 Å². The van der Waals surface area contributed by atoms with Crippen LogP contribution < -0.4 is 9.64 Å². The minimum Gasteiger partial charge on any atom is -0.497 e. The molecule has 0 N–H and O–H groups in total. The lowest BCUT2D eigenvalue weighted by Gasteiger charge is -2.36. The molecule has 3 aromatic rings. The zero-order valence-corrected chi connectivity index (χ0v) is 14.6. The molecule has 1 fully saturated rings. The first kappa shape index (κ1) is 17.6. The van der Waals surface area contributed by atoms with E-state index in [1.165, 1.54) is 10.8 Å². The average molecular weight is 377 g/mol. The molecule has 1 aromatic carbocycles. The van der Waals surface area contributed by atoms with Crippen LogP contribution in [0.3, 0.4) is 0 Å². The van der Waals surface area contributed by atoms with E-state index in [9.17, 15) is 13.2 Å². The molecule has 142 valence electrons. The van der Waals surface area contributed by atoms with Gasteiger partial charge in [0.05, 0.1) is 13.0 Å².